The fraction of sp³-hybridized carbons (Fsp3) is 0.818. The Labute approximate surface area is 137 Å². The van der Waals surface area contributed by atoms with Gasteiger partial charge < -0.3 is 15.2 Å². The van der Waals surface area contributed by atoms with Crippen LogP contribution < -0.4 is 10.5 Å². The molecule has 136 valence electrons. The lowest BCUT2D eigenvalue weighted by Gasteiger charge is -2.29. The van der Waals surface area contributed by atoms with Crippen LogP contribution in [0.15, 0.2) is 0 Å². The number of piperidine rings is 1. The summed E-state index contributed by atoms with van der Waals surface area (Å²) in [5, 5.41) is 11.8. The van der Waals surface area contributed by atoms with E-state index in [-0.39, 0.29) is 24.3 Å². The van der Waals surface area contributed by atoms with Gasteiger partial charge in [0.05, 0.1) is 12.6 Å². The van der Waals surface area contributed by atoms with Gasteiger partial charge in [0.15, 0.2) is 0 Å². The van der Waals surface area contributed by atoms with Crippen molar-refractivity contribution >= 4 is 22.3 Å². The number of hydroxylamine groups is 5. The molecular weight excluding hydrogens is 348 g/mol. The molecule has 0 aromatic carbocycles. The number of nitrogens with zero attached hydrogens (tertiary/aromatic N) is 2. The molecule has 12 nitrogen and oxygen atoms in total. The second-order valence-electron chi connectivity index (χ2n) is 6.00. The van der Waals surface area contributed by atoms with E-state index in [4.69, 9.17) is 9.39 Å². The van der Waals surface area contributed by atoms with E-state index in [0.29, 0.717) is 30.9 Å². The van der Waals surface area contributed by atoms with Crippen LogP contribution in [0.5, 0.6) is 0 Å². The molecule has 0 aromatic rings. The van der Waals surface area contributed by atoms with Gasteiger partial charge >= 0.3 is 16.4 Å². The van der Waals surface area contributed by atoms with Crippen LogP contribution in [0.3, 0.4) is 0 Å². The number of quaternary nitrogens is 1. The molecule has 3 heterocycles. The molecule has 3 saturated heterocycles. The summed E-state index contributed by atoms with van der Waals surface area (Å²) >= 11 is 0. The molecule has 3 aliphatic heterocycles. The van der Waals surface area contributed by atoms with Gasteiger partial charge in [-0.2, -0.15) is 13.5 Å². The first-order valence-corrected chi connectivity index (χ1v) is 8.85. The topological polar surface area (TPSA) is 153 Å². The summed E-state index contributed by atoms with van der Waals surface area (Å²) < 4.78 is 34.6. The molecule has 4 atom stereocenters. The Morgan fingerprint density at radius 2 is 2.12 bits per heavy atom. The van der Waals surface area contributed by atoms with E-state index < -0.39 is 34.4 Å². The highest BCUT2D eigenvalue weighted by Crippen LogP contribution is 2.30. The number of fused-ring (bicyclic) bond motifs is 2. The normalized spacial score (nSPS) is 33.2. The van der Waals surface area contributed by atoms with Crippen molar-refractivity contribution < 1.29 is 36.7 Å². The predicted octanol–water partition coefficient (Wildman–Crippen LogP) is -2.81. The summed E-state index contributed by atoms with van der Waals surface area (Å²) in [5.74, 6) is -0.546. The van der Waals surface area contributed by atoms with Crippen LogP contribution in [0, 0.1) is 5.21 Å². The number of hydrogen-bond donors (Lipinski definition) is 3. The van der Waals surface area contributed by atoms with E-state index in [1.54, 1.807) is 0 Å². The van der Waals surface area contributed by atoms with Crippen LogP contribution in [-0.4, -0.2) is 72.7 Å². The average Bonchev–Trinajstić information content (AvgIpc) is 3.02. The number of urea groups is 1. The number of hydrogen-bond acceptors (Lipinski definition) is 7. The Kier molecular flexibility index (Phi) is 4.63. The Morgan fingerprint density at radius 1 is 1.38 bits per heavy atom. The zero-order valence-corrected chi connectivity index (χ0v) is 13.4. The third-order valence-electron chi connectivity index (χ3n) is 4.33. The number of amides is 3. The van der Waals surface area contributed by atoms with Crippen molar-refractivity contribution in [1.82, 2.24) is 15.4 Å². The lowest BCUT2D eigenvalue weighted by atomic mass is 10.0. The second kappa shape index (κ2) is 6.42. The first-order valence-electron chi connectivity index (χ1n) is 7.48. The fourth-order valence-electron chi connectivity index (χ4n) is 3.19. The van der Waals surface area contributed by atoms with Crippen molar-refractivity contribution in [2.24, 2.45) is 0 Å². The molecule has 3 amide bonds. The highest BCUT2D eigenvalue weighted by atomic mass is 32.3. The molecule has 0 spiro atoms. The minimum atomic E-state index is -4.82. The minimum Gasteiger partial charge on any atom is -0.634 e. The zero-order chi connectivity index (χ0) is 17.5. The first-order chi connectivity index (χ1) is 11.2. The van der Waals surface area contributed by atoms with E-state index in [2.05, 4.69) is 9.76 Å². The van der Waals surface area contributed by atoms with Gasteiger partial charge in [-0.3, -0.25) is 14.2 Å². The van der Waals surface area contributed by atoms with Crippen molar-refractivity contribution in [2.45, 2.75) is 37.5 Å². The lowest BCUT2D eigenvalue weighted by molar-refractivity contribution is -0.835. The van der Waals surface area contributed by atoms with Gasteiger partial charge in [0.1, 0.15) is 18.7 Å². The van der Waals surface area contributed by atoms with E-state index in [0.717, 1.165) is 4.90 Å². The summed E-state index contributed by atoms with van der Waals surface area (Å²) in [6.45, 7) is 0.762. The van der Waals surface area contributed by atoms with Crippen LogP contribution in [0.4, 0.5) is 4.79 Å². The molecule has 2 unspecified atom stereocenters. The minimum absolute atomic E-state index is 0.0717. The standard InChI is InChI=1S/C11H18N4O8S/c16-10(12-22-8-3-4-13(18)6-8)9-2-1-7-5-14(9)11(17)15(7)23-24(19,20)21/h7-9,13H,1-6H2,(H,12,16)(H,19,20,21)/t7-,8?,9+/m1/s1. The van der Waals surface area contributed by atoms with Gasteiger partial charge in [-0.25, -0.2) is 10.3 Å². The van der Waals surface area contributed by atoms with E-state index in [9.17, 15) is 23.2 Å². The molecule has 0 radical (unpaired) electrons. The van der Waals surface area contributed by atoms with Crippen LogP contribution in [0.2, 0.25) is 0 Å². The quantitative estimate of drug-likeness (QED) is 0.268. The second-order valence-corrected chi connectivity index (χ2v) is 7.00. The summed E-state index contributed by atoms with van der Waals surface area (Å²) in [4.78, 5) is 30.8. The lowest BCUT2D eigenvalue weighted by Crippen LogP contribution is -3.05. The van der Waals surface area contributed by atoms with Gasteiger partial charge in [-0.15, -0.1) is 4.28 Å². The Balaban J connectivity index is 1.58. The molecule has 2 bridgehead atoms. The molecule has 24 heavy (non-hydrogen) atoms. The Morgan fingerprint density at radius 3 is 2.75 bits per heavy atom. The monoisotopic (exact) mass is 366 g/mol. The van der Waals surface area contributed by atoms with Crippen molar-refractivity contribution in [3.8, 4) is 0 Å². The van der Waals surface area contributed by atoms with Gasteiger partial charge in [-0.1, -0.05) is 0 Å². The maximum Gasteiger partial charge on any atom is 0.418 e. The number of carbonyl (C=O) groups is 2. The average molecular weight is 366 g/mol. The van der Waals surface area contributed by atoms with E-state index in [1.807, 2.05) is 0 Å². The van der Waals surface area contributed by atoms with Crippen molar-refractivity contribution in [2.75, 3.05) is 19.6 Å². The number of rotatable bonds is 5. The summed E-state index contributed by atoms with van der Waals surface area (Å²) in [5.41, 5.74) is 2.27. The summed E-state index contributed by atoms with van der Waals surface area (Å²) in [6.07, 6.45) is 0.786. The molecule has 3 aliphatic rings. The van der Waals surface area contributed by atoms with E-state index in [1.165, 1.54) is 0 Å². The Bertz CT molecular complexity index is 628. The molecule has 3 N–H and O–H groups in total. The summed E-state index contributed by atoms with van der Waals surface area (Å²) in [6, 6.07) is -2.20. The van der Waals surface area contributed by atoms with Crippen molar-refractivity contribution in [1.29, 1.82) is 0 Å². The third kappa shape index (κ3) is 3.60. The molecule has 0 aromatic heterocycles. The van der Waals surface area contributed by atoms with E-state index >= 15 is 0 Å². The fourth-order valence-corrected chi connectivity index (χ4v) is 3.58. The SMILES string of the molecule is O=C(NOC1CC[NH+]([O-])C1)[C@@H]1CC[C@@H]2CN1C(=O)N2OS(=O)(=O)O. The largest absolute Gasteiger partial charge is 0.634 e. The molecule has 0 saturated carbocycles. The molecule has 3 fully saturated rings. The van der Waals surface area contributed by atoms with Gasteiger partial charge in [0.2, 0.25) is 0 Å². The molecule has 3 rings (SSSR count). The van der Waals surface area contributed by atoms with Crippen LogP contribution >= 0.6 is 0 Å². The molecular formula is C11H18N4O8S. The summed E-state index contributed by atoms with van der Waals surface area (Å²) in [7, 11) is -4.82. The smallest absolute Gasteiger partial charge is 0.418 e. The van der Waals surface area contributed by atoms with Gasteiger partial charge in [-0.05, 0) is 12.8 Å². The van der Waals surface area contributed by atoms with Gasteiger partial charge in [0.25, 0.3) is 5.91 Å². The van der Waals surface area contributed by atoms with Gasteiger partial charge in [0, 0.05) is 13.0 Å². The third-order valence-corrected chi connectivity index (χ3v) is 4.68. The highest BCUT2D eigenvalue weighted by Gasteiger charge is 2.49. The number of carbonyl (C=O) groups excluding carboxylic acids is 2. The Hall–Kier alpha value is -1.51. The maximum atomic E-state index is 12.2. The van der Waals surface area contributed by atoms with Crippen LogP contribution in [0.25, 0.3) is 0 Å². The molecule has 13 heteroatoms. The van der Waals surface area contributed by atoms with Crippen molar-refractivity contribution in [3.63, 3.8) is 0 Å². The highest BCUT2D eigenvalue weighted by molar-refractivity contribution is 7.80. The number of nitrogens with one attached hydrogen (secondary N) is 2. The maximum absolute atomic E-state index is 12.2. The predicted molar refractivity (Wildman–Crippen MR) is 75.1 cm³/mol. The first kappa shape index (κ1) is 17.3. The van der Waals surface area contributed by atoms with Crippen molar-refractivity contribution in [3.05, 3.63) is 5.21 Å². The zero-order valence-electron chi connectivity index (χ0n) is 12.6. The molecule has 0 aliphatic carbocycles. The van der Waals surface area contributed by atoms with Crippen LogP contribution in [-0.2, 0) is 24.3 Å². The van der Waals surface area contributed by atoms with Crippen LogP contribution in [0.1, 0.15) is 19.3 Å².